The molecule has 1 rings (SSSR count). The largest absolute Gasteiger partial charge is 0.390 e. The quantitative estimate of drug-likeness (QED) is 0.313. The van der Waals surface area contributed by atoms with Crippen LogP contribution in [-0.4, -0.2) is 22.3 Å². The molecular weight excluding hydrogens is 360 g/mol. The lowest BCUT2D eigenvalue weighted by atomic mass is 9.87. The van der Waals surface area contributed by atoms with E-state index in [1.165, 1.54) is 56.8 Å². The summed E-state index contributed by atoms with van der Waals surface area (Å²) in [5.41, 5.74) is -0.260. The van der Waals surface area contributed by atoms with E-state index in [0.29, 0.717) is 24.3 Å². The molecule has 1 aliphatic carbocycles. The van der Waals surface area contributed by atoms with Crippen LogP contribution in [0.15, 0.2) is 23.8 Å². The van der Waals surface area contributed by atoms with Crippen molar-refractivity contribution in [2.75, 3.05) is 0 Å². The van der Waals surface area contributed by atoms with Gasteiger partial charge in [0.1, 0.15) is 0 Å². The molecule has 0 aliphatic heterocycles. The first kappa shape index (κ1) is 25.8. The molecule has 0 amide bonds. The van der Waals surface area contributed by atoms with E-state index >= 15 is 0 Å². The third-order valence-electron chi connectivity index (χ3n) is 6.25. The van der Waals surface area contributed by atoms with Crippen molar-refractivity contribution in [3.63, 3.8) is 0 Å². The van der Waals surface area contributed by atoms with Crippen molar-refractivity contribution < 1.29 is 14.7 Å². The molecule has 29 heavy (non-hydrogen) atoms. The normalized spacial score (nSPS) is 18.7. The lowest BCUT2D eigenvalue weighted by molar-refractivity contribution is -0.114. The highest BCUT2D eigenvalue weighted by atomic mass is 16.3. The third-order valence-corrected chi connectivity index (χ3v) is 6.25. The molecule has 0 saturated carbocycles. The lowest BCUT2D eigenvalue weighted by Crippen LogP contribution is -2.25. The van der Waals surface area contributed by atoms with Gasteiger partial charge < -0.3 is 5.11 Å². The van der Waals surface area contributed by atoms with Crippen molar-refractivity contribution in [3.8, 4) is 0 Å². The van der Waals surface area contributed by atoms with E-state index in [9.17, 15) is 14.7 Å². The summed E-state index contributed by atoms with van der Waals surface area (Å²) in [5.74, 6) is 2.10. The van der Waals surface area contributed by atoms with E-state index in [4.69, 9.17) is 0 Å². The standard InChI is InChI=1S/C26H44O3/c1-20(2)9-6-10-21(3)11-7-12-22(4)13-8-17-26(5,29)18-16-23-19-24(27)14-15-25(23)28/h14-15,19-22,29H,6-13,16-18H2,1-5H3/t21-,22-,26-/m1/s1. The van der Waals surface area contributed by atoms with E-state index in [1.54, 1.807) is 0 Å². The number of rotatable bonds is 15. The van der Waals surface area contributed by atoms with E-state index < -0.39 is 5.60 Å². The smallest absolute Gasteiger partial charge is 0.182 e. The number of aliphatic hydroxyl groups is 1. The van der Waals surface area contributed by atoms with Crippen LogP contribution in [0.4, 0.5) is 0 Å². The molecule has 0 aromatic rings. The third kappa shape index (κ3) is 12.2. The van der Waals surface area contributed by atoms with Crippen molar-refractivity contribution in [2.45, 2.75) is 111 Å². The van der Waals surface area contributed by atoms with Gasteiger partial charge in [0.05, 0.1) is 5.60 Å². The zero-order valence-corrected chi connectivity index (χ0v) is 19.5. The minimum atomic E-state index is -0.782. The van der Waals surface area contributed by atoms with Gasteiger partial charge in [-0.15, -0.1) is 0 Å². The summed E-state index contributed by atoms with van der Waals surface area (Å²) in [7, 11) is 0. The van der Waals surface area contributed by atoms with Crippen LogP contribution in [0, 0.1) is 17.8 Å². The van der Waals surface area contributed by atoms with Crippen LogP contribution in [0.3, 0.4) is 0 Å². The Morgan fingerprint density at radius 3 is 1.97 bits per heavy atom. The molecule has 0 radical (unpaired) electrons. The second-order valence-electron chi connectivity index (χ2n) is 10.1. The zero-order valence-electron chi connectivity index (χ0n) is 19.5. The molecule has 3 atom stereocenters. The Morgan fingerprint density at radius 1 is 0.828 bits per heavy atom. The Balaban J connectivity index is 2.16. The van der Waals surface area contributed by atoms with Crippen LogP contribution in [0.5, 0.6) is 0 Å². The summed E-state index contributed by atoms with van der Waals surface area (Å²) >= 11 is 0. The van der Waals surface area contributed by atoms with Gasteiger partial charge in [0, 0.05) is 5.57 Å². The van der Waals surface area contributed by atoms with Gasteiger partial charge in [-0.2, -0.15) is 0 Å². The predicted molar refractivity (Wildman–Crippen MR) is 122 cm³/mol. The van der Waals surface area contributed by atoms with Crippen molar-refractivity contribution >= 4 is 11.6 Å². The van der Waals surface area contributed by atoms with Crippen molar-refractivity contribution in [3.05, 3.63) is 23.8 Å². The molecule has 0 unspecified atom stereocenters. The van der Waals surface area contributed by atoms with Crippen LogP contribution >= 0.6 is 0 Å². The number of ketones is 2. The predicted octanol–water partition coefficient (Wildman–Crippen LogP) is 6.59. The van der Waals surface area contributed by atoms with Gasteiger partial charge in [0.2, 0.25) is 0 Å². The average molecular weight is 405 g/mol. The summed E-state index contributed by atoms with van der Waals surface area (Å²) in [6.07, 6.45) is 15.9. The maximum absolute atomic E-state index is 11.8. The Kier molecular flexibility index (Phi) is 11.7. The highest BCUT2D eigenvalue weighted by Gasteiger charge is 2.23. The van der Waals surface area contributed by atoms with Crippen LogP contribution in [0.1, 0.15) is 105 Å². The first-order valence-corrected chi connectivity index (χ1v) is 11.8. The van der Waals surface area contributed by atoms with Gasteiger partial charge in [-0.1, -0.05) is 79.1 Å². The molecule has 1 aliphatic rings. The number of carbonyl (C=O) groups is 2. The number of hydrogen-bond donors (Lipinski definition) is 1. The highest BCUT2D eigenvalue weighted by Crippen LogP contribution is 2.26. The van der Waals surface area contributed by atoms with Crippen LogP contribution in [0.25, 0.3) is 0 Å². The molecule has 0 saturated heterocycles. The molecule has 0 bridgehead atoms. The Bertz CT molecular complexity index is 569. The SMILES string of the molecule is CC(C)CCC[C@@H](C)CCC[C@@H](C)CCC[C@@](C)(O)CCC1=CC(=O)C=CC1=O. The average Bonchev–Trinajstić information content (AvgIpc) is 2.62. The van der Waals surface area contributed by atoms with E-state index in [1.807, 2.05) is 6.92 Å². The van der Waals surface area contributed by atoms with E-state index in [2.05, 4.69) is 27.7 Å². The monoisotopic (exact) mass is 404 g/mol. The van der Waals surface area contributed by atoms with Crippen molar-refractivity contribution in [2.24, 2.45) is 17.8 Å². The maximum Gasteiger partial charge on any atom is 0.182 e. The number of hydrogen-bond acceptors (Lipinski definition) is 3. The molecule has 3 heteroatoms. The minimum absolute atomic E-state index is 0.104. The lowest BCUT2D eigenvalue weighted by Gasteiger charge is -2.24. The molecule has 0 fully saturated rings. The number of carbonyl (C=O) groups excluding carboxylic acids is 2. The van der Waals surface area contributed by atoms with Gasteiger partial charge in [-0.3, -0.25) is 9.59 Å². The fourth-order valence-corrected chi connectivity index (χ4v) is 4.09. The van der Waals surface area contributed by atoms with E-state index in [0.717, 1.165) is 31.1 Å². The van der Waals surface area contributed by atoms with Gasteiger partial charge in [0.15, 0.2) is 11.6 Å². The minimum Gasteiger partial charge on any atom is -0.390 e. The molecule has 0 heterocycles. The fraction of sp³-hybridized carbons (Fsp3) is 0.769. The molecule has 1 N–H and O–H groups in total. The van der Waals surface area contributed by atoms with E-state index in [-0.39, 0.29) is 11.6 Å². The fourth-order valence-electron chi connectivity index (χ4n) is 4.09. The second kappa shape index (κ2) is 13.2. The summed E-state index contributed by atoms with van der Waals surface area (Å²) in [6.45, 7) is 11.2. The van der Waals surface area contributed by atoms with Crippen molar-refractivity contribution in [1.82, 2.24) is 0 Å². The summed E-state index contributed by atoms with van der Waals surface area (Å²) in [5, 5.41) is 10.6. The zero-order chi connectivity index (χ0) is 21.9. The first-order chi connectivity index (χ1) is 13.6. The summed E-state index contributed by atoms with van der Waals surface area (Å²) in [4.78, 5) is 23.2. The molecule has 0 aromatic carbocycles. The van der Waals surface area contributed by atoms with Gasteiger partial charge >= 0.3 is 0 Å². The Labute approximate surface area is 179 Å². The summed E-state index contributed by atoms with van der Waals surface area (Å²) < 4.78 is 0. The topological polar surface area (TPSA) is 54.4 Å². The molecule has 3 nitrogen and oxygen atoms in total. The Hall–Kier alpha value is -1.22. The Morgan fingerprint density at radius 2 is 1.38 bits per heavy atom. The summed E-state index contributed by atoms with van der Waals surface area (Å²) in [6, 6.07) is 0. The highest BCUT2D eigenvalue weighted by molar-refractivity contribution is 6.17. The molecule has 0 aromatic heterocycles. The second-order valence-corrected chi connectivity index (χ2v) is 10.1. The first-order valence-electron chi connectivity index (χ1n) is 11.8. The molecular formula is C26H44O3. The molecule has 0 spiro atoms. The molecule has 166 valence electrons. The van der Waals surface area contributed by atoms with Gasteiger partial charge in [-0.25, -0.2) is 0 Å². The van der Waals surface area contributed by atoms with Crippen molar-refractivity contribution in [1.29, 1.82) is 0 Å². The van der Waals surface area contributed by atoms with Crippen LogP contribution in [0.2, 0.25) is 0 Å². The number of allylic oxidation sites excluding steroid dienone is 4. The van der Waals surface area contributed by atoms with Gasteiger partial charge in [-0.05, 0) is 62.2 Å². The van der Waals surface area contributed by atoms with Crippen LogP contribution < -0.4 is 0 Å². The maximum atomic E-state index is 11.8. The van der Waals surface area contributed by atoms with Crippen LogP contribution in [-0.2, 0) is 9.59 Å². The van der Waals surface area contributed by atoms with Gasteiger partial charge in [0.25, 0.3) is 0 Å².